The molecular weight excluding hydrogens is 258 g/mol. The van der Waals surface area contributed by atoms with Crippen LogP contribution in [0.15, 0.2) is 6.07 Å². The van der Waals surface area contributed by atoms with Gasteiger partial charge in [0, 0.05) is 33.2 Å². The highest BCUT2D eigenvalue weighted by atomic mass is 16.5. The average molecular weight is 281 g/mol. The van der Waals surface area contributed by atoms with Gasteiger partial charge < -0.3 is 20.7 Å². The summed E-state index contributed by atoms with van der Waals surface area (Å²) >= 11 is 0. The van der Waals surface area contributed by atoms with Gasteiger partial charge in [-0.25, -0.2) is 9.97 Å². The third-order valence-corrected chi connectivity index (χ3v) is 2.71. The minimum atomic E-state index is -0.379. The van der Waals surface area contributed by atoms with Gasteiger partial charge in [-0.1, -0.05) is 6.92 Å². The van der Waals surface area contributed by atoms with Gasteiger partial charge in [-0.15, -0.1) is 0 Å². The average Bonchev–Trinajstić information content (AvgIpc) is 2.46. The van der Waals surface area contributed by atoms with Crippen LogP contribution in [-0.4, -0.2) is 49.2 Å². The number of carbonyl (C=O) groups is 1. The number of nitrogens with zero attached hydrogens (tertiary/aromatic N) is 2. The summed E-state index contributed by atoms with van der Waals surface area (Å²) in [4.78, 5) is 20.5. The number of carbonyl (C=O) groups excluding carboxylic acids is 1. The molecule has 0 saturated carbocycles. The van der Waals surface area contributed by atoms with Crippen LogP contribution < -0.4 is 16.0 Å². The van der Waals surface area contributed by atoms with Crippen molar-refractivity contribution in [2.45, 2.75) is 26.3 Å². The molecule has 7 nitrogen and oxygen atoms in total. The highest BCUT2D eigenvalue weighted by Crippen LogP contribution is 2.12. The largest absolute Gasteiger partial charge is 0.383 e. The number of methoxy groups -OCH3 is 1. The second-order valence-corrected chi connectivity index (χ2v) is 4.31. The lowest BCUT2D eigenvalue weighted by Gasteiger charge is -2.15. The van der Waals surface area contributed by atoms with Gasteiger partial charge in [0.05, 0.1) is 6.61 Å². The van der Waals surface area contributed by atoms with Crippen LogP contribution in [0.1, 0.15) is 19.7 Å². The summed E-state index contributed by atoms with van der Waals surface area (Å²) in [5.41, 5.74) is 0. The maximum atomic E-state index is 11.8. The van der Waals surface area contributed by atoms with Crippen molar-refractivity contribution in [2.24, 2.45) is 0 Å². The predicted octanol–water partition coefficient (Wildman–Crippen LogP) is 0.644. The summed E-state index contributed by atoms with van der Waals surface area (Å²) in [6.07, 6.45) is 0.735. The van der Waals surface area contributed by atoms with E-state index in [-0.39, 0.29) is 11.9 Å². The lowest BCUT2D eigenvalue weighted by molar-refractivity contribution is -0.121. The van der Waals surface area contributed by atoms with Gasteiger partial charge in [-0.2, -0.15) is 0 Å². The Morgan fingerprint density at radius 3 is 2.70 bits per heavy atom. The molecule has 1 rings (SSSR count). The van der Waals surface area contributed by atoms with Gasteiger partial charge in [-0.3, -0.25) is 4.79 Å². The van der Waals surface area contributed by atoms with Crippen LogP contribution in [0.2, 0.25) is 0 Å². The number of nitrogens with one attached hydrogen (secondary N) is 3. The van der Waals surface area contributed by atoms with E-state index in [2.05, 4.69) is 25.9 Å². The minimum Gasteiger partial charge on any atom is -0.383 e. The van der Waals surface area contributed by atoms with Crippen molar-refractivity contribution in [3.05, 3.63) is 11.9 Å². The van der Waals surface area contributed by atoms with E-state index < -0.39 is 0 Å². The third-order valence-electron chi connectivity index (χ3n) is 2.71. The molecular formula is C13H23N5O2. The smallest absolute Gasteiger partial charge is 0.242 e. The maximum absolute atomic E-state index is 11.8. The molecule has 1 amide bonds. The highest BCUT2D eigenvalue weighted by molar-refractivity contribution is 5.83. The SMILES string of the molecule is CCc1nc(NC)cc(NC(C)C(=O)NCCOC)n1. The van der Waals surface area contributed by atoms with Crippen molar-refractivity contribution in [1.82, 2.24) is 15.3 Å². The summed E-state index contributed by atoms with van der Waals surface area (Å²) in [7, 11) is 3.40. The van der Waals surface area contributed by atoms with Crippen molar-refractivity contribution in [3.8, 4) is 0 Å². The minimum absolute atomic E-state index is 0.0929. The Balaban J connectivity index is 2.64. The maximum Gasteiger partial charge on any atom is 0.242 e. The van der Waals surface area contributed by atoms with Crippen LogP contribution in [0.4, 0.5) is 11.6 Å². The zero-order chi connectivity index (χ0) is 15.0. The fraction of sp³-hybridized carbons (Fsp3) is 0.615. The van der Waals surface area contributed by atoms with Crippen LogP contribution in [0.5, 0.6) is 0 Å². The summed E-state index contributed by atoms with van der Waals surface area (Å²) in [6, 6.07) is 1.40. The zero-order valence-corrected chi connectivity index (χ0v) is 12.5. The summed E-state index contributed by atoms with van der Waals surface area (Å²) in [6.45, 7) is 4.76. The van der Waals surface area contributed by atoms with Crippen molar-refractivity contribution in [2.75, 3.05) is 37.9 Å². The standard InChI is InChI=1S/C13H23N5O2/c1-5-10-17-11(14-3)8-12(18-10)16-9(2)13(19)15-6-7-20-4/h8-9H,5-7H2,1-4H3,(H,15,19)(H2,14,16,17,18). The van der Waals surface area contributed by atoms with Gasteiger partial charge >= 0.3 is 0 Å². The highest BCUT2D eigenvalue weighted by Gasteiger charge is 2.13. The molecule has 20 heavy (non-hydrogen) atoms. The van der Waals surface area contributed by atoms with Crippen molar-refractivity contribution >= 4 is 17.5 Å². The van der Waals surface area contributed by atoms with Gasteiger partial charge in [0.1, 0.15) is 23.5 Å². The lowest BCUT2D eigenvalue weighted by Crippen LogP contribution is -2.39. The third kappa shape index (κ3) is 5.00. The fourth-order valence-electron chi connectivity index (χ4n) is 1.57. The molecule has 1 aromatic heterocycles. The van der Waals surface area contributed by atoms with Crippen molar-refractivity contribution in [3.63, 3.8) is 0 Å². The van der Waals surface area contributed by atoms with Crippen LogP contribution in [-0.2, 0) is 16.0 Å². The molecule has 0 aliphatic heterocycles. The second-order valence-electron chi connectivity index (χ2n) is 4.31. The normalized spacial score (nSPS) is 11.8. The Kier molecular flexibility index (Phi) is 6.72. The topological polar surface area (TPSA) is 88.2 Å². The molecule has 7 heteroatoms. The predicted molar refractivity (Wildman–Crippen MR) is 78.9 cm³/mol. The molecule has 0 bridgehead atoms. The first-order valence-corrected chi connectivity index (χ1v) is 6.69. The van der Waals surface area contributed by atoms with E-state index in [1.807, 2.05) is 6.92 Å². The van der Waals surface area contributed by atoms with Crippen LogP contribution >= 0.6 is 0 Å². The molecule has 0 spiro atoms. The van der Waals surface area contributed by atoms with E-state index in [0.717, 1.165) is 18.1 Å². The Bertz CT molecular complexity index is 417. The number of rotatable bonds is 8. The first-order chi connectivity index (χ1) is 9.60. The molecule has 1 heterocycles. The summed E-state index contributed by atoms with van der Waals surface area (Å²) in [5.74, 6) is 2.00. The fourth-order valence-corrected chi connectivity index (χ4v) is 1.57. The van der Waals surface area contributed by atoms with Gasteiger partial charge in [0.15, 0.2) is 0 Å². The molecule has 0 radical (unpaired) electrons. The first kappa shape index (κ1) is 16.2. The molecule has 0 aromatic carbocycles. The van der Waals surface area contributed by atoms with E-state index in [4.69, 9.17) is 4.74 Å². The van der Waals surface area contributed by atoms with E-state index in [1.54, 1.807) is 27.1 Å². The van der Waals surface area contributed by atoms with Gasteiger partial charge in [0.25, 0.3) is 0 Å². The molecule has 1 aromatic rings. The molecule has 1 unspecified atom stereocenters. The Labute approximate surface area is 119 Å². The van der Waals surface area contributed by atoms with E-state index in [9.17, 15) is 4.79 Å². The van der Waals surface area contributed by atoms with E-state index in [0.29, 0.717) is 19.0 Å². The van der Waals surface area contributed by atoms with E-state index >= 15 is 0 Å². The Morgan fingerprint density at radius 2 is 2.10 bits per heavy atom. The Hall–Kier alpha value is -1.89. The molecule has 3 N–H and O–H groups in total. The van der Waals surface area contributed by atoms with Crippen LogP contribution in [0, 0.1) is 0 Å². The quantitative estimate of drug-likeness (QED) is 0.606. The van der Waals surface area contributed by atoms with Crippen LogP contribution in [0.3, 0.4) is 0 Å². The van der Waals surface area contributed by atoms with Crippen molar-refractivity contribution in [1.29, 1.82) is 0 Å². The summed E-state index contributed by atoms with van der Waals surface area (Å²) in [5, 5.41) is 8.83. The van der Waals surface area contributed by atoms with Crippen molar-refractivity contribution < 1.29 is 9.53 Å². The number of hydrogen-bond acceptors (Lipinski definition) is 6. The second kappa shape index (κ2) is 8.31. The molecule has 0 fully saturated rings. The number of hydrogen-bond donors (Lipinski definition) is 3. The number of amides is 1. The number of aryl methyl sites for hydroxylation is 1. The number of anilines is 2. The lowest BCUT2D eigenvalue weighted by atomic mass is 10.3. The van der Waals surface area contributed by atoms with E-state index in [1.165, 1.54) is 0 Å². The first-order valence-electron chi connectivity index (χ1n) is 6.69. The monoisotopic (exact) mass is 281 g/mol. The molecule has 1 atom stereocenters. The number of ether oxygens (including phenoxy) is 1. The zero-order valence-electron chi connectivity index (χ0n) is 12.5. The molecule has 0 aliphatic carbocycles. The molecule has 0 aliphatic rings. The van der Waals surface area contributed by atoms with Gasteiger partial charge in [0.2, 0.25) is 5.91 Å². The van der Waals surface area contributed by atoms with Gasteiger partial charge in [-0.05, 0) is 6.92 Å². The number of aromatic nitrogens is 2. The van der Waals surface area contributed by atoms with Crippen LogP contribution in [0.25, 0.3) is 0 Å². The Morgan fingerprint density at radius 1 is 1.40 bits per heavy atom. The molecule has 0 saturated heterocycles. The molecule has 112 valence electrons. The summed E-state index contributed by atoms with van der Waals surface area (Å²) < 4.78 is 4.89.